The highest BCUT2D eigenvalue weighted by molar-refractivity contribution is 5.49. The number of nitrogens with one attached hydrogen (secondary N) is 1. The summed E-state index contributed by atoms with van der Waals surface area (Å²) in [4.78, 5) is 2.23. The van der Waals surface area contributed by atoms with E-state index >= 15 is 0 Å². The molecule has 1 N–H and O–H groups in total. The van der Waals surface area contributed by atoms with Crippen LogP contribution < -0.4 is 10.2 Å². The number of halogens is 1. The number of anilines is 1. The first-order chi connectivity index (χ1) is 8.63. The van der Waals surface area contributed by atoms with E-state index in [1.807, 2.05) is 12.1 Å². The van der Waals surface area contributed by atoms with Crippen molar-refractivity contribution in [3.8, 4) is 0 Å². The molecule has 100 valence electrons. The summed E-state index contributed by atoms with van der Waals surface area (Å²) in [6, 6.07) is 7.93. The molecular formula is C15H23FN2. The van der Waals surface area contributed by atoms with Gasteiger partial charge in [0, 0.05) is 25.2 Å². The normalized spacial score (nSPS) is 24.6. The zero-order valence-corrected chi connectivity index (χ0v) is 11.5. The number of nitrogens with zero attached hydrogens (tertiary/aromatic N) is 1. The molecule has 1 fully saturated rings. The van der Waals surface area contributed by atoms with Crippen LogP contribution in [0.5, 0.6) is 0 Å². The van der Waals surface area contributed by atoms with Crippen molar-refractivity contribution in [2.75, 3.05) is 18.0 Å². The molecule has 1 aliphatic rings. The molecule has 0 bridgehead atoms. The molecule has 1 aromatic rings. The van der Waals surface area contributed by atoms with E-state index in [1.54, 1.807) is 12.1 Å². The Balaban J connectivity index is 2.24. The monoisotopic (exact) mass is 250 g/mol. The van der Waals surface area contributed by atoms with Crippen LogP contribution in [0.15, 0.2) is 24.3 Å². The van der Waals surface area contributed by atoms with E-state index in [4.69, 9.17) is 0 Å². The maximum Gasteiger partial charge on any atom is 0.146 e. The van der Waals surface area contributed by atoms with E-state index in [9.17, 15) is 4.39 Å². The lowest BCUT2D eigenvalue weighted by Crippen LogP contribution is -2.58. The molecule has 0 aliphatic carbocycles. The predicted octanol–water partition coefficient (Wildman–Crippen LogP) is 3.04. The second kappa shape index (κ2) is 5.70. The highest BCUT2D eigenvalue weighted by Gasteiger charge is 2.29. The third-order valence-corrected chi connectivity index (χ3v) is 3.89. The molecule has 2 nitrogen and oxygen atoms in total. The van der Waals surface area contributed by atoms with Gasteiger partial charge in [-0.25, -0.2) is 4.39 Å². The summed E-state index contributed by atoms with van der Waals surface area (Å²) < 4.78 is 13.9. The fourth-order valence-electron chi connectivity index (χ4n) is 2.61. The van der Waals surface area contributed by atoms with Gasteiger partial charge in [0.2, 0.25) is 0 Å². The Hall–Kier alpha value is -1.09. The van der Waals surface area contributed by atoms with Crippen LogP contribution in [0.4, 0.5) is 10.1 Å². The van der Waals surface area contributed by atoms with Gasteiger partial charge in [0.1, 0.15) is 5.82 Å². The molecule has 18 heavy (non-hydrogen) atoms. The molecule has 1 aliphatic heterocycles. The van der Waals surface area contributed by atoms with Crippen LogP contribution in [0, 0.1) is 11.7 Å². The quantitative estimate of drug-likeness (QED) is 0.887. The average Bonchev–Trinajstić information content (AvgIpc) is 2.38. The van der Waals surface area contributed by atoms with E-state index in [1.165, 1.54) is 0 Å². The topological polar surface area (TPSA) is 15.3 Å². The maximum absolute atomic E-state index is 13.9. The van der Waals surface area contributed by atoms with Gasteiger partial charge in [0.25, 0.3) is 0 Å². The summed E-state index contributed by atoms with van der Waals surface area (Å²) >= 11 is 0. The van der Waals surface area contributed by atoms with E-state index < -0.39 is 0 Å². The molecule has 2 unspecified atom stereocenters. The van der Waals surface area contributed by atoms with E-state index in [-0.39, 0.29) is 5.82 Å². The summed E-state index contributed by atoms with van der Waals surface area (Å²) in [7, 11) is 0. The molecule has 2 atom stereocenters. The van der Waals surface area contributed by atoms with Gasteiger partial charge in [0.15, 0.2) is 0 Å². The van der Waals surface area contributed by atoms with Crippen molar-refractivity contribution in [2.24, 2.45) is 5.92 Å². The van der Waals surface area contributed by atoms with Crippen molar-refractivity contribution in [1.82, 2.24) is 5.32 Å². The Kier molecular flexibility index (Phi) is 4.23. The van der Waals surface area contributed by atoms with E-state index in [2.05, 4.69) is 31.0 Å². The summed E-state index contributed by atoms with van der Waals surface area (Å²) in [5, 5.41) is 3.57. The lowest BCUT2D eigenvalue weighted by Gasteiger charge is -2.43. The number of hydrogen-bond donors (Lipinski definition) is 1. The van der Waals surface area contributed by atoms with Crippen molar-refractivity contribution in [2.45, 2.75) is 39.3 Å². The van der Waals surface area contributed by atoms with Gasteiger partial charge in [0.05, 0.1) is 5.69 Å². The zero-order valence-electron chi connectivity index (χ0n) is 11.5. The summed E-state index contributed by atoms with van der Waals surface area (Å²) in [6.45, 7) is 8.41. The molecule has 0 aromatic heterocycles. The molecular weight excluding hydrogens is 227 g/mol. The number of hydrogen-bond acceptors (Lipinski definition) is 2. The Morgan fingerprint density at radius 3 is 2.72 bits per heavy atom. The second-order valence-corrected chi connectivity index (χ2v) is 5.42. The van der Waals surface area contributed by atoms with Crippen LogP contribution in [0.2, 0.25) is 0 Å². The fraction of sp³-hybridized carbons (Fsp3) is 0.600. The Bertz CT molecular complexity index is 392. The molecule has 0 saturated carbocycles. The van der Waals surface area contributed by atoms with Crippen molar-refractivity contribution < 1.29 is 4.39 Å². The number of benzene rings is 1. The van der Waals surface area contributed by atoms with Crippen molar-refractivity contribution >= 4 is 5.69 Å². The third kappa shape index (κ3) is 2.66. The predicted molar refractivity (Wildman–Crippen MR) is 74.5 cm³/mol. The number of piperazine rings is 1. The molecule has 0 radical (unpaired) electrons. The minimum absolute atomic E-state index is 0.111. The minimum atomic E-state index is -0.111. The first-order valence-corrected chi connectivity index (χ1v) is 6.88. The molecule has 1 heterocycles. The lowest BCUT2D eigenvalue weighted by molar-refractivity contribution is 0.323. The van der Waals surface area contributed by atoms with Crippen molar-refractivity contribution in [3.05, 3.63) is 30.1 Å². The number of para-hydroxylation sites is 1. The van der Waals surface area contributed by atoms with Crippen LogP contribution in [-0.2, 0) is 0 Å². The molecule has 2 rings (SSSR count). The van der Waals surface area contributed by atoms with Gasteiger partial charge >= 0.3 is 0 Å². The molecule has 1 aromatic carbocycles. The Morgan fingerprint density at radius 2 is 2.11 bits per heavy atom. The zero-order chi connectivity index (χ0) is 13.1. The van der Waals surface area contributed by atoms with E-state index in [0.29, 0.717) is 18.0 Å². The first kappa shape index (κ1) is 13.3. The Morgan fingerprint density at radius 1 is 1.39 bits per heavy atom. The van der Waals surface area contributed by atoms with Crippen LogP contribution in [0.25, 0.3) is 0 Å². The molecule has 1 saturated heterocycles. The van der Waals surface area contributed by atoms with E-state index in [0.717, 1.165) is 25.2 Å². The minimum Gasteiger partial charge on any atom is -0.363 e. The van der Waals surface area contributed by atoms with Gasteiger partial charge in [-0.2, -0.15) is 0 Å². The number of rotatable bonds is 3. The highest BCUT2D eigenvalue weighted by Crippen LogP contribution is 2.25. The van der Waals surface area contributed by atoms with Crippen LogP contribution >= 0.6 is 0 Å². The van der Waals surface area contributed by atoms with Gasteiger partial charge in [-0.15, -0.1) is 0 Å². The maximum atomic E-state index is 13.9. The average molecular weight is 250 g/mol. The van der Waals surface area contributed by atoms with Crippen LogP contribution in [0.1, 0.15) is 27.2 Å². The molecule has 0 spiro atoms. The molecule has 0 amide bonds. The van der Waals surface area contributed by atoms with Gasteiger partial charge in [-0.05, 0) is 24.5 Å². The van der Waals surface area contributed by atoms with Crippen molar-refractivity contribution in [3.63, 3.8) is 0 Å². The largest absolute Gasteiger partial charge is 0.363 e. The standard InChI is InChI=1S/C15H23FN2/c1-4-12-9-17-14(11(2)3)10-18(12)15-8-6-5-7-13(15)16/h5-8,11-12,14,17H,4,9-10H2,1-3H3. The van der Waals surface area contributed by atoms with Gasteiger partial charge < -0.3 is 10.2 Å². The SMILES string of the molecule is CCC1CNC(C(C)C)CN1c1ccccc1F. The third-order valence-electron chi connectivity index (χ3n) is 3.89. The lowest BCUT2D eigenvalue weighted by atomic mass is 9.97. The summed E-state index contributed by atoms with van der Waals surface area (Å²) in [6.07, 6.45) is 1.03. The van der Waals surface area contributed by atoms with Gasteiger partial charge in [-0.3, -0.25) is 0 Å². The molecule has 3 heteroatoms. The fourth-order valence-corrected chi connectivity index (χ4v) is 2.61. The first-order valence-electron chi connectivity index (χ1n) is 6.88. The van der Waals surface area contributed by atoms with Crippen molar-refractivity contribution in [1.29, 1.82) is 0 Å². The van der Waals surface area contributed by atoms with Crippen LogP contribution in [-0.4, -0.2) is 25.2 Å². The second-order valence-electron chi connectivity index (χ2n) is 5.42. The van der Waals surface area contributed by atoms with Gasteiger partial charge in [-0.1, -0.05) is 32.9 Å². The summed E-state index contributed by atoms with van der Waals surface area (Å²) in [5.74, 6) is 0.456. The Labute approximate surface area is 109 Å². The smallest absolute Gasteiger partial charge is 0.146 e. The summed E-state index contributed by atoms with van der Waals surface area (Å²) in [5.41, 5.74) is 0.747. The highest BCUT2D eigenvalue weighted by atomic mass is 19.1. The van der Waals surface area contributed by atoms with Crippen LogP contribution in [0.3, 0.4) is 0 Å².